The fourth-order valence-electron chi connectivity index (χ4n) is 2.59. The Morgan fingerprint density at radius 2 is 1.89 bits per heavy atom. The number of hydrogen-bond acceptors (Lipinski definition) is 8. The molecule has 0 saturated heterocycles. The van der Waals surface area contributed by atoms with Crippen LogP contribution in [0.5, 0.6) is 0 Å². The van der Waals surface area contributed by atoms with Crippen molar-refractivity contribution in [3.63, 3.8) is 0 Å². The van der Waals surface area contributed by atoms with E-state index in [1.165, 1.54) is 24.5 Å². The molecule has 1 aromatic carbocycles. The van der Waals surface area contributed by atoms with Crippen molar-refractivity contribution < 1.29 is 18.3 Å². The maximum atomic E-state index is 11.3. The second-order valence-electron chi connectivity index (χ2n) is 5.81. The number of carbonyl (C=O) groups is 1. The van der Waals surface area contributed by atoms with Crippen LogP contribution in [0.15, 0.2) is 47.6 Å². The quantitative estimate of drug-likeness (QED) is 0.603. The van der Waals surface area contributed by atoms with Crippen LogP contribution in [0.2, 0.25) is 0 Å². The number of aromatic nitrogens is 3. The second-order valence-corrected chi connectivity index (χ2v) is 7.37. The number of pyridine rings is 1. The highest BCUT2D eigenvalue weighted by atomic mass is 32.2. The van der Waals surface area contributed by atoms with Crippen molar-refractivity contribution in [3.8, 4) is 0 Å². The van der Waals surface area contributed by atoms with E-state index in [1.54, 1.807) is 25.1 Å². The first kappa shape index (κ1) is 19.5. The van der Waals surface area contributed by atoms with Crippen molar-refractivity contribution in [1.29, 1.82) is 0 Å². The number of amides is 1. The van der Waals surface area contributed by atoms with Gasteiger partial charge in [-0.3, -0.25) is 0 Å². The molecule has 28 heavy (non-hydrogen) atoms. The van der Waals surface area contributed by atoms with Crippen LogP contribution in [0.1, 0.15) is 12.5 Å². The topological polar surface area (TPSA) is 154 Å². The van der Waals surface area contributed by atoms with Crippen molar-refractivity contribution in [2.75, 3.05) is 16.8 Å². The Morgan fingerprint density at radius 1 is 1.21 bits per heavy atom. The first-order chi connectivity index (χ1) is 13.3. The molecule has 0 radical (unpaired) electrons. The molecule has 2 aromatic heterocycles. The number of carboxylic acid groups (broad SMARTS) is 1. The zero-order valence-electron chi connectivity index (χ0n) is 14.9. The average molecular weight is 401 g/mol. The minimum absolute atomic E-state index is 0.0197. The van der Waals surface area contributed by atoms with Crippen molar-refractivity contribution in [1.82, 2.24) is 15.0 Å². The summed E-state index contributed by atoms with van der Waals surface area (Å²) < 4.78 is 22.7. The Morgan fingerprint density at radius 3 is 2.50 bits per heavy atom. The van der Waals surface area contributed by atoms with Crippen LogP contribution in [0.4, 0.5) is 16.3 Å². The molecule has 0 unspecified atom stereocenters. The number of carbonyl (C=O) groups excluding carboxylic acids is 1. The van der Waals surface area contributed by atoms with Crippen LogP contribution >= 0.6 is 0 Å². The zero-order valence-corrected chi connectivity index (χ0v) is 15.7. The molecule has 3 rings (SSSR count). The van der Waals surface area contributed by atoms with E-state index in [9.17, 15) is 18.3 Å². The predicted octanol–water partition coefficient (Wildman–Crippen LogP) is 0.454. The Bertz CT molecular complexity index is 1120. The standard InChI is InChI=1S/C17H18N6O4S/c1-2-23(17(24)25)14-9-13(15-16(22-14)20-8-7-19-15)21-10-11-3-5-12(6-4-11)28(18,26)27/h3-9H,2,10H2,1H3,(H,24,25)(H2,18,26,27)(H,20,21,22)/p-1. The SMILES string of the molecule is CCN(C(=O)[O-])c1cc(NCc2ccc(S(N)(=O)=O)cc2)c2nccnc2n1. The van der Waals surface area contributed by atoms with Crippen molar-refractivity contribution in [2.45, 2.75) is 18.4 Å². The lowest BCUT2D eigenvalue weighted by molar-refractivity contribution is -0.246. The minimum atomic E-state index is -3.76. The molecule has 11 heteroatoms. The van der Waals surface area contributed by atoms with Gasteiger partial charge in [-0.05, 0) is 24.6 Å². The van der Waals surface area contributed by atoms with E-state index in [-0.39, 0.29) is 22.9 Å². The summed E-state index contributed by atoms with van der Waals surface area (Å²) in [6, 6.07) is 7.63. The molecular formula is C17H17N6O4S-. The molecule has 0 saturated carbocycles. The smallest absolute Gasteiger partial charge is 0.238 e. The third-order valence-electron chi connectivity index (χ3n) is 3.98. The maximum absolute atomic E-state index is 11.3. The van der Waals surface area contributed by atoms with E-state index in [2.05, 4.69) is 20.3 Å². The van der Waals surface area contributed by atoms with Crippen LogP contribution in [0, 0.1) is 0 Å². The summed E-state index contributed by atoms with van der Waals surface area (Å²) in [5, 5.41) is 19.6. The predicted molar refractivity (Wildman–Crippen MR) is 101 cm³/mol. The largest absolute Gasteiger partial charge is 0.530 e. The number of primary sulfonamides is 1. The molecule has 3 N–H and O–H groups in total. The highest BCUT2D eigenvalue weighted by Crippen LogP contribution is 2.25. The summed E-state index contributed by atoms with van der Waals surface area (Å²) in [7, 11) is -3.76. The number of fused-ring (bicyclic) bond motifs is 1. The molecule has 2 heterocycles. The van der Waals surface area contributed by atoms with E-state index in [1.807, 2.05) is 0 Å². The number of hydrogen-bond donors (Lipinski definition) is 2. The summed E-state index contributed by atoms with van der Waals surface area (Å²) in [6.07, 6.45) is 1.60. The molecule has 3 aromatic rings. The Labute approximate surface area is 161 Å². The van der Waals surface area contributed by atoms with Gasteiger partial charge in [0.25, 0.3) is 0 Å². The summed E-state index contributed by atoms with van der Waals surface area (Å²) >= 11 is 0. The van der Waals surface area contributed by atoms with Gasteiger partial charge in [0.15, 0.2) is 5.65 Å². The normalized spacial score (nSPS) is 11.4. The molecule has 0 spiro atoms. The third kappa shape index (κ3) is 4.15. The first-order valence-corrected chi connectivity index (χ1v) is 9.80. The highest BCUT2D eigenvalue weighted by Gasteiger charge is 2.13. The molecule has 146 valence electrons. The molecule has 0 aliphatic carbocycles. The van der Waals surface area contributed by atoms with E-state index >= 15 is 0 Å². The number of nitrogens with two attached hydrogens (primary N) is 1. The zero-order chi connectivity index (χ0) is 20.3. The average Bonchev–Trinajstić information content (AvgIpc) is 2.66. The third-order valence-corrected chi connectivity index (χ3v) is 4.91. The number of benzene rings is 1. The van der Waals surface area contributed by atoms with Gasteiger partial charge in [-0.15, -0.1) is 0 Å². The van der Waals surface area contributed by atoms with Gasteiger partial charge < -0.3 is 20.1 Å². The molecule has 0 aliphatic heterocycles. The fourth-order valence-corrected chi connectivity index (χ4v) is 3.11. The van der Waals surface area contributed by atoms with Crippen LogP contribution in [-0.2, 0) is 16.6 Å². The maximum Gasteiger partial charge on any atom is 0.238 e. The molecule has 0 fully saturated rings. The highest BCUT2D eigenvalue weighted by molar-refractivity contribution is 7.89. The van der Waals surface area contributed by atoms with Gasteiger partial charge in [0.05, 0.1) is 10.6 Å². The first-order valence-electron chi connectivity index (χ1n) is 8.25. The van der Waals surface area contributed by atoms with E-state index in [4.69, 9.17) is 5.14 Å². The van der Waals surface area contributed by atoms with Crippen LogP contribution in [0.25, 0.3) is 11.2 Å². The Balaban J connectivity index is 1.92. The van der Waals surface area contributed by atoms with Crippen molar-refractivity contribution >= 4 is 38.8 Å². The number of anilines is 2. The number of rotatable bonds is 6. The number of nitrogens with zero attached hydrogens (tertiary/aromatic N) is 4. The van der Waals surface area contributed by atoms with Crippen molar-refractivity contribution in [3.05, 3.63) is 48.3 Å². The monoisotopic (exact) mass is 401 g/mol. The molecule has 0 atom stereocenters. The van der Waals surface area contributed by atoms with E-state index in [0.29, 0.717) is 17.7 Å². The lowest BCUT2D eigenvalue weighted by Crippen LogP contribution is -2.41. The summed E-state index contributed by atoms with van der Waals surface area (Å²) in [5.41, 5.74) is 2.08. The lowest BCUT2D eigenvalue weighted by atomic mass is 10.2. The fraction of sp³-hybridized carbons (Fsp3) is 0.176. The number of sulfonamides is 1. The van der Waals surface area contributed by atoms with E-state index < -0.39 is 16.1 Å². The summed E-state index contributed by atoms with van der Waals surface area (Å²) in [4.78, 5) is 25.0. The van der Waals surface area contributed by atoms with Gasteiger partial charge in [-0.2, -0.15) is 0 Å². The van der Waals surface area contributed by atoms with Gasteiger partial charge in [-0.1, -0.05) is 12.1 Å². The molecule has 0 bridgehead atoms. The number of nitrogens with one attached hydrogen (secondary N) is 1. The van der Waals surface area contributed by atoms with Gasteiger partial charge in [0.1, 0.15) is 17.4 Å². The Kier molecular flexibility index (Phi) is 5.38. The molecule has 10 nitrogen and oxygen atoms in total. The molecule has 1 amide bonds. The van der Waals surface area contributed by atoms with E-state index in [0.717, 1.165) is 10.5 Å². The van der Waals surface area contributed by atoms with Gasteiger partial charge >= 0.3 is 0 Å². The molecule has 0 aliphatic rings. The van der Waals surface area contributed by atoms with Gasteiger partial charge in [0, 0.05) is 31.5 Å². The van der Waals surface area contributed by atoms with Gasteiger partial charge in [0.2, 0.25) is 10.0 Å². The second kappa shape index (κ2) is 7.74. The Hall–Kier alpha value is -3.31. The van der Waals surface area contributed by atoms with Crippen LogP contribution in [0.3, 0.4) is 0 Å². The van der Waals surface area contributed by atoms with Crippen LogP contribution in [-0.4, -0.2) is 36.0 Å². The van der Waals surface area contributed by atoms with Crippen molar-refractivity contribution in [2.24, 2.45) is 5.14 Å². The molecular weight excluding hydrogens is 384 g/mol. The van der Waals surface area contributed by atoms with Gasteiger partial charge in [-0.25, -0.2) is 28.5 Å². The minimum Gasteiger partial charge on any atom is -0.530 e. The lowest BCUT2D eigenvalue weighted by Gasteiger charge is -2.23. The van der Waals surface area contributed by atoms with Crippen LogP contribution < -0.4 is 20.5 Å². The summed E-state index contributed by atoms with van der Waals surface area (Å²) in [5.74, 6) is 0.169. The summed E-state index contributed by atoms with van der Waals surface area (Å²) in [6.45, 7) is 2.16.